The summed E-state index contributed by atoms with van der Waals surface area (Å²) in [4.78, 5) is 33.8. The van der Waals surface area contributed by atoms with Gasteiger partial charge in [-0.3, -0.25) is 9.59 Å². The quantitative estimate of drug-likeness (QED) is 0.716. The minimum Gasteiger partial charge on any atom is -0.480 e. The van der Waals surface area contributed by atoms with Crippen LogP contribution in [0, 0.1) is 0 Å². The Morgan fingerprint density at radius 2 is 2.16 bits per heavy atom. The molecule has 0 aliphatic heterocycles. The van der Waals surface area contributed by atoms with Crippen molar-refractivity contribution in [3.63, 3.8) is 0 Å². The van der Waals surface area contributed by atoms with Gasteiger partial charge in [0, 0.05) is 19.7 Å². The second-order valence-corrected chi connectivity index (χ2v) is 3.98. The first-order valence-corrected chi connectivity index (χ1v) is 5.67. The molecular weight excluding hydrogens is 252 g/mol. The van der Waals surface area contributed by atoms with E-state index in [4.69, 9.17) is 5.11 Å². The van der Waals surface area contributed by atoms with Crippen molar-refractivity contribution in [1.82, 2.24) is 9.88 Å². The van der Waals surface area contributed by atoms with E-state index in [0.717, 1.165) is 0 Å². The molecule has 0 unspecified atom stereocenters. The monoisotopic (exact) mass is 268 g/mol. The summed E-state index contributed by atoms with van der Waals surface area (Å²) in [7, 11) is 2.90. The number of nitrogens with zero attached hydrogens (tertiary/aromatic N) is 1. The Morgan fingerprint density at radius 1 is 1.47 bits per heavy atom. The van der Waals surface area contributed by atoms with Crippen LogP contribution in [0.1, 0.15) is 23.3 Å². The number of aryl methyl sites for hydroxylation is 1. The lowest BCUT2D eigenvalue weighted by Crippen LogP contribution is -2.41. The minimum atomic E-state index is -1.19. The molecule has 1 aromatic heterocycles. The molecule has 7 nitrogen and oxygen atoms in total. The van der Waals surface area contributed by atoms with E-state index in [1.807, 2.05) is 0 Å². The Balaban J connectivity index is 2.64. The van der Waals surface area contributed by atoms with E-state index in [1.165, 1.54) is 7.11 Å². The van der Waals surface area contributed by atoms with E-state index < -0.39 is 23.9 Å². The Bertz CT molecular complexity index is 480. The number of rotatable bonds is 6. The third-order valence-corrected chi connectivity index (χ3v) is 2.64. The number of amides is 1. The van der Waals surface area contributed by atoms with E-state index >= 15 is 0 Å². The maximum Gasteiger partial charge on any atom is 0.326 e. The summed E-state index contributed by atoms with van der Waals surface area (Å²) < 4.78 is 6.01. The van der Waals surface area contributed by atoms with Crippen molar-refractivity contribution < 1.29 is 24.2 Å². The lowest BCUT2D eigenvalue weighted by atomic mass is 10.1. The molecule has 0 bridgehead atoms. The largest absolute Gasteiger partial charge is 0.480 e. The molecule has 0 spiro atoms. The lowest BCUT2D eigenvalue weighted by Gasteiger charge is -2.14. The van der Waals surface area contributed by atoms with Crippen molar-refractivity contribution in [2.45, 2.75) is 18.9 Å². The van der Waals surface area contributed by atoms with Crippen molar-refractivity contribution in [3.05, 3.63) is 24.0 Å². The zero-order valence-corrected chi connectivity index (χ0v) is 10.8. The number of carboxylic acids is 1. The highest BCUT2D eigenvalue weighted by molar-refractivity contribution is 5.95. The predicted octanol–water partition coefficient (Wildman–Crippen LogP) is 0.161. The summed E-state index contributed by atoms with van der Waals surface area (Å²) in [5.41, 5.74) is 0.351. The predicted molar refractivity (Wildman–Crippen MR) is 65.6 cm³/mol. The zero-order chi connectivity index (χ0) is 14.4. The molecule has 0 saturated carbocycles. The molecule has 104 valence electrons. The SMILES string of the molecule is COC(=O)CC[C@@H](NC(=O)c1cccn1C)C(=O)O. The number of aliphatic carboxylic acids is 1. The molecule has 0 aromatic carbocycles. The van der Waals surface area contributed by atoms with E-state index in [2.05, 4.69) is 10.1 Å². The Labute approximate surface area is 110 Å². The highest BCUT2D eigenvalue weighted by atomic mass is 16.5. The summed E-state index contributed by atoms with van der Waals surface area (Å²) in [5, 5.41) is 11.4. The molecule has 19 heavy (non-hydrogen) atoms. The summed E-state index contributed by atoms with van der Waals surface area (Å²) >= 11 is 0. The summed E-state index contributed by atoms with van der Waals surface area (Å²) in [6.45, 7) is 0. The normalized spacial score (nSPS) is 11.7. The molecule has 7 heteroatoms. The van der Waals surface area contributed by atoms with Gasteiger partial charge in [0.2, 0.25) is 0 Å². The van der Waals surface area contributed by atoms with Gasteiger partial charge in [0.05, 0.1) is 7.11 Å². The van der Waals surface area contributed by atoms with Gasteiger partial charge in [-0.15, -0.1) is 0 Å². The van der Waals surface area contributed by atoms with Crippen molar-refractivity contribution in [2.24, 2.45) is 7.05 Å². The number of ether oxygens (including phenoxy) is 1. The van der Waals surface area contributed by atoms with Gasteiger partial charge in [-0.2, -0.15) is 0 Å². The van der Waals surface area contributed by atoms with Gasteiger partial charge in [-0.1, -0.05) is 0 Å². The minimum absolute atomic E-state index is 0.0157. The molecule has 0 fully saturated rings. The molecule has 2 N–H and O–H groups in total. The average Bonchev–Trinajstić information content (AvgIpc) is 2.79. The number of carboxylic acid groups (broad SMARTS) is 1. The van der Waals surface area contributed by atoms with Crippen LogP contribution < -0.4 is 5.32 Å². The van der Waals surface area contributed by atoms with Crippen LogP contribution in [0.25, 0.3) is 0 Å². The maximum absolute atomic E-state index is 11.8. The van der Waals surface area contributed by atoms with Crippen LogP contribution in [0.15, 0.2) is 18.3 Å². The van der Waals surface area contributed by atoms with E-state index in [9.17, 15) is 14.4 Å². The van der Waals surface area contributed by atoms with E-state index in [-0.39, 0.29) is 12.8 Å². The maximum atomic E-state index is 11.8. The molecule has 0 aliphatic rings. The third-order valence-electron chi connectivity index (χ3n) is 2.64. The number of methoxy groups -OCH3 is 1. The van der Waals surface area contributed by atoms with Crippen LogP contribution >= 0.6 is 0 Å². The molecule has 1 atom stereocenters. The molecule has 0 aliphatic carbocycles. The lowest BCUT2D eigenvalue weighted by molar-refractivity contribution is -0.142. The molecule has 0 radical (unpaired) electrons. The molecule has 0 saturated heterocycles. The van der Waals surface area contributed by atoms with Gasteiger partial charge in [-0.25, -0.2) is 4.79 Å². The van der Waals surface area contributed by atoms with Crippen LogP contribution in [-0.2, 0) is 21.4 Å². The average molecular weight is 268 g/mol. The van der Waals surface area contributed by atoms with Crippen LogP contribution in [-0.4, -0.2) is 40.7 Å². The molecule has 1 amide bonds. The summed E-state index contributed by atoms with van der Waals surface area (Å²) in [5.74, 6) is -2.20. The van der Waals surface area contributed by atoms with Crippen LogP contribution in [0.2, 0.25) is 0 Å². The fourth-order valence-corrected chi connectivity index (χ4v) is 1.55. The number of nitrogens with one attached hydrogen (secondary N) is 1. The van der Waals surface area contributed by atoms with Gasteiger partial charge < -0.3 is 19.7 Å². The number of hydrogen-bond acceptors (Lipinski definition) is 4. The van der Waals surface area contributed by atoms with Gasteiger partial charge in [-0.05, 0) is 18.6 Å². The highest BCUT2D eigenvalue weighted by Crippen LogP contribution is 2.04. The fourth-order valence-electron chi connectivity index (χ4n) is 1.55. The first-order chi connectivity index (χ1) is 8.95. The first kappa shape index (κ1) is 14.7. The zero-order valence-electron chi connectivity index (χ0n) is 10.8. The summed E-state index contributed by atoms with van der Waals surface area (Å²) in [6.07, 6.45) is 1.60. The van der Waals surface area contributed by atoms with E-state index in [0.29, 0.717) is 5.69 Å². The summed E-state index contributed by atoms with van der Waals surface area (Å²) in [6, 6.07) is 2.13. The van der Waals surface area contributed by atoms with Gasteiger partial charge in [0.15, 0.2) is 0 Å². The molecule has 1 aromatic rings. The molecular formula is C12H16N2O5. The van der Waals surface area contributed by atoms with Crippen molar-refractivity contribution in [3.8, 4) is 0 Å². The number of esters is 1. The second kappa shape index (κ2) is 6.58. The molecule has 1 heterocycles. The van der Waals surface area contributed by atoms with E-state index in [1.54, 1.807) is 29.9 Å². The van der Waals surface area contributed by atoms with Crippen molar-refractivity contribution in [2.75, 3.05) is 7.11 Å². The highest BCUT2D eigenvalue weighted by Gasteiger charge is 2.22. The van der Waals surface area contributed by atoms with Crippen LogP contribution in [0.5, 0.6) is 0 Å². The topological polar surface area (TPSA) is 97.6 Å². The van der Waals surface area contributed by atoms with Crippen LogP contribution in [0.4, 0.5) is 0 Å². The third kappa shape index (κ3) is 4.13. The number of aromatic nitrogens is 1. The Kier molecular flexibility index (Phi) is 5.11. The van der Waals surface area contributed by atoms with Crippen molar-refractivity contribution >= 4 is 17.8 Å². The molecule has 1 rings (SSSR count). The fraction of sp³-hybridized carbons (Fsp3) is 0.417. The van der Waals surface area contributed by atoms with Crippen molar-refractivity contribution in [1.29, 1.82) is 0 Å². The Hall–Kier alpha value is -2.31. The van der Waals surface area contributed by atoms with Gasteiger partial charge in [0.25, 0.3) is 5.91 Å². The standard InChI is InChI=1S/C12H16N2O5/c1-14-7-3-4-9(14)11(16)13-8(12(17)18)5-6-10(15)19-2/h3-4,7-8H,5-6H2,1-2H3,(H,13,16)(H,17,18)/t8-/m1/s1. The first-order valence-electron chi connectivity index (χ1n) is 5.67. The smallest absolute Gasteiger partial charge is 0.326 e. The Morgan fingerprint density at radius 3 is 2.63 bits per heavy atom. The van der Waals surface area contributed by atoms with Crippen LogP contribution in [0.3, 0.4) is 0 Å². The van der Waals surface area contributed by atoms with Gasteiger partial charge in [0.1, 0.15) is 11.7 Å². The second-order valence-electron chi connectivity index (χ2n) is 3.98. The number of carbonyl (C=O) groups excluding carboxylic acids is 2. The van der Waals surface area contributed by atoms with Gasteiger partial charge >= 0.3 is 11.9 Å². The number of carbonyl (C=O) groups is 3. The number of hydrogen-bond donors (Lipinski definition) is 2.